The molecule has 0 spiro atoms. The van der Waals surface area contributed by atoms with E-state index in [0.717, 1.165) is 25.7 Å². The summed E-state index contributed by atoms with van der Waals surface area (Å²) in [6.07, 6.45) is 8.86. The van der Waals surface area contributed by atoms with Crippen LogP contribution in [0.2, 0.25) is 0 Å². The van der Waals surface area contributed by atoms with Gasteiger partial charge in [0.1, 0.15) is 0 Å². The molecule has 4 nitrogen and oxygen atoms in total. The van der Waals surface area contributed by atoms with E-state index in [1.165, 1.54) is 11.8 Å². The van der Waals surface area contributed by atoms with Gasteiger partial charge in [-0.15, -0.1) is 0 Å². The molecule has 3 aliphatic rings. The number of hydrogen-bond acceptors (Lipinski definition) is 4. The molecule has 5 atom stereocenters. The van der Waals surface area contributed by atoms with Crippen molar-refractivity contribution in [3.63, 3.8) is 0 Å². The molecule has 0 aromatic rings. The first-order valence-electron chi connectivity index (χ1n) is 8.87. The third kappa shape index (κ3) is 2.56. The number of aliphatic hydroxyl groups excluding tert-OH is 2. The zero-order chi connectivity index (χ0) is 17.5. The van der Waals surface area contributed by atoms with Crippen LogP contribution in [0.4, 0.5) is 0 Å². The van der Waals surface area contributed by atoms with E-state index >= 15 is 0 Å². The van der Waals surface area contributed by atoms with Crippen LogP contribution >= 0.6 is 0 Å². The SMILES string of the molecule is C=C1CCC2[C@@](C)(CCC(O)[C@@]2(C)CO)C1CC=C1C=COC1=O. The second-order valence-corrected chi connectivity index (χ2v) is 8.13. The highest BCUT2D eigenvalue weighted by Gasteiger charge is 2.57. The minimum absolute atomic E-state index is 0.00374. The van der Waals surface area contributed by atoms with Crippen molar-refractivity contribution < 1.29 is 19.7 Å². The van der Waals surface area contributed by atoms with Gasteiger partial charge in [0.15, 0.2) is 0 Å². The highest BCUT2D eigenvalue weighted by molar-refractivity contribution is 5.94. The fraction of sp³-hybridized carbons (Fsp3) is 0.650. The van der Waals surface area contributed by atoms with Gasteiger partial charge in [-0.25, -0.2) is 4.79 Å². The Bertz CT molecular complexity index is 605. The van der Waals surface area contributed by atoms with Gasteiger partial charge in [0.25, 0.3) is 0 Å². The molecule has 4 heteroatoms. The largest absolute Gasteiger partial charge is 0.431 e. The van der Waals surface area contributed by atoms with E-state index in [9.17, 15) is 15.0 Å². The molecule has 0 aromatic heterocycles. The van der Waals surface area contributed by atoms with Crippen molar-refractivity contribution in [3.8, 4) is 0 Å². The van der Waals surface area contributed by atoms with Crippen molar-refractivity contribution in [2.45, 2.75) is 52.1 Å². The lowest BCUT2D eigenvalue weighted by molar-refractivity contribution is -0.151. The highest BCUT2D eigenvalue weighted by atomic mass is 16.5. The zero-order valence-electron chi connectivity index (χ0n) is 14.6. The fourth-order valence-corrected chi connectivity index (χ4v) is 5.34. The van der Waals surface area contributed by atoms with Crippen LogP contribution in [-0.2, 0) is 9.53 Å². The predicted molar refractivity (Wildman–Crippen MR) is 91.8 cm³/mol. The smallest absolute Gasteiger partial charge is 0.342 e. The molecule has 0 amide bonds. The summed E-state index contributed by atoms with van der Waals surface area (Å²) in [6, 6.07) is 0. The molecule has 0 saturated heterocycles. The third-order valence-corrected chi connectivity index (χ3v) is 6.93. The minimum atomic E-state index is -0.467. The minimum Gasteiger partial charge on any atom is -0.431 e. The van der Waals surface area contributed by atoms with Crippen LogP contribution in [0.5, 0.6) is 0 Å². The Kier molecular flexibility index (Phi) is 4.47. The van der Waals surface area contributed by atoms with Gasteiger partial charge in [-0.2, -0.15) is 0 Å². The Morgan fingerprint density at radius 1 is 1.42 bits per heavy atom. The van der Waals surface area contributed by atoms with Crippen LogP contribution in [0.1, 0.15) is 46.0 Å². The van der Waals surface area contributed by atoms with Crippen molar-refractivity contribution >= 4 is 5.97 Å². The van der Waals surface area contributed by atoms with E-state index in [2.05, 4.69) is 13.5 Å². The lowest BCUT2D eigenvalue weighted by Gasteiger charge is -2.59. The van der Waals surface area contributed by atoms with E-state index in [1.54, 1.807) is 6.08 Å². The van der Waals surface area contributed by atoms with Crippen LogP contribution in [0.25, 0.3) is 0 Å². The Labute approximate surface area is 143 Å². The summed E-state index contributed by atoms with van der Waals surface area (Å²) in [5.41, 5.74) is 1.34. The number of aliphatic hydroxyl groups is 2. The number of fused-ring (bicyclic) bond motifs is 1. The topological polar surface area (TPSA) is 66.8 Å². The Hall–Kier alpha value is -1.39. The first-order chi connectivity index (χ1) is 11.3. The molecule has 1 aliphatic heterocycles. The maximum atomic E-state index is 11.6. The van der Waals surface area contributed by atoms with Crippen molar-refractivity contribution in [1.82, 2.24) is 0 Å². The number of hydrogen-bond donors (Lipinski definition) is 2. The third-order valence-electron chi connectivity index (χ3n) is 6.93. The molecule has 24 heavy (non-hydrogen) atoms. The summed E-state index contributed by atoms with van der Waals surface area (Å²) in [4.78, 5) is 11.6. The lowest BCUT2D eigenvalue weighted by atomic mass is 9.46. The van der Waals surface area contributed by atoms with Crippen LogP contribution < -0.4 is 0 Å². The molecule has 2 saturated carbocycles. The molecule has 3 unspecified atom stereocenters. The van der Waals surface area contributed by atoms with Gasteiger partial charge in [-0.1, -0.05) is 32.1 Å². The molecule has 2 aliphatic carbocycles. The Morgan fingerprint density at radius 2 is 2.17 bits per heavy atom. The molecule has 0 radical (unpaired) electrons. The summed E-state index contributed by atoms with van der Waals surface area (Å²) in [7, 11) is 0. The number of rotatable bonds is 3. The number of esters is 1. The molecule has 2 fully saturated rings. The average Bonchev–Trinajstić information content (AvgIpc) is 2.96. The monoisotopic (exact) mass is 332 g/mol. The van der Waals surface area contributed by atoms with Gasteiger partial charge in [0, 0.05) is 5.41 Å². The first kappa shape index (κ1) is 17.4. The first-order valence-corrected chi connectivity index (χ1v) is 8.87. The Balaban J connectivity index is 1.89. The standard InChI is InChI=1S/C20H28O4/c1-13-4-7-16-19(2,10-8-17(22)20(16,3)12-21)15(13)6-5-14-9-11-24-18(14)23/h5,9,11,15-17,21-22H,1,4,6-8,10,12H2,2-3H3/t15?,16?,17?,19-,20-/m0/s1. The highest BCUT2D eigenvalue weighted by Crippen LogP contribution is 2.61. The normalized spacial score (nSPS) is 43.8. The number of cyclic esters (lactones) is 1. The van der Waals surface area contributed by atoms with E-state index in [1.807, 2.05) is 13.0 Å². The molecule has 0 bridgehead atoms. The number of allylic oxidation sites excluding steroid dienone is 2. The van der Waals surface area contributed by atoms with Gasteiger partial charge in [-0.05, 0) is 55.4 Å². The second kappa shape index (κ2) is 6.16. The number of ether oxygens (including phenoxy) is 1. The maximum absolute atomic E-state index is 11.6. The van der Waals surface area contributed by atoms with Crippen molar-refractivity contribution in [2.75, 3.05) is 6.61 Å². The summed E-state index contributed by atoms with van der Waals surface area (Å²) < 4.78 is 4.85. The number of carbonyl (C=O) groups excluding carboxylic acids is 1. The van der Waals surface area contributed by atoms with E-state index in [-0.39, 0.29) is 29.8 Å². The van der Waals surface area contributed by atoms with Crippen LogP contribution in [0.15, 0.2) is 36.1 Å². The van der Waals surface area contributed by atoms with Crippen LogP contribution in [0, 0.1) is 22.7 Å². The summed E-state index contributed by atoms with van der Waals surface area (Å²) in [5.74, 6) is 0.208. The average molecular weight is 332 g/mol. The molecular weight excluding hydrogens is 304 g/mol. The van der Waals surface area contributed by atoms with Gasteiger partial charge in [0.2, 0.25) is 0 Å². The molecule has 2 N–H and O–H groups in total. The summed E-state index contributed by atoms with van der Waals surface area (Å²) in [5, 5.41) is 20.5. The van der Waals surface area contributed by atoms with Gasteiger partial charge < -0.3 is 14.9 Å². The molecule has 3 rings (SSSR count). The zero-order valence-corrected chi connectivity index (χ0v) is 14.6. The predicted octanol–water partition coefficient (Wildman–Crippen LogP) is 3.12. The number of carbonyl (C=O) groups is 1. The van der Waals surface area contributed by atoms with E-state index < -0.39 is 11.5 Å². The van der Waals surface area contributed by atoms with E-state index in [0.29, 0.717) is 12.0 Å². The molecular formula is C20H28O4. The van der Waals surface area contributed by atoms with E-state index in [4.69, 9.17) is 4.74 Å². The van der Waals surface area contributed by atoms with Crippen molar-refractivity contribution in [1.29, 1.82) is 0 Å². The quantitative estimate of drug-likeness (QED) is 0.473. The second-order valence-electron chi connectivity index (χ2n) is 8.13. The molecule has 0 aromatic carbocycles. The summed E-state index contributed by atoms with van der Waals surface area (Å²) >= 11 is 0. The van der Waals surface area contributed by atoms with Crippen LogP contribution in [-0.4, -0.2) is 28.9 Å². The lowest BCUT2D eigenvalue weighted by Crippen LogP contribution is -2.57. The van der Waals surface area contributed by atoms with Gasteiger partial charge in [-0.3, -0.25) is 0 Å². The van der Waals surface area contributed by atoms with Gasteiger partial charge >= 0.3 is 5.97 Å². The summed E-state index contributed by atoms with van der Waals surface area (Å²) in [6.45, 7) is 8.59. The fourth-order valence-electron chi connectivity index (χ4n) is 5.34. The molecule has 1 heterocycles. The van der Waals surface area contributed by atoms with Crippen molar-refractivity contribution in [3.05, 3.63) is 36.1 Å². The Morgan fingerprint density at radius 3 is 2.79 bits per heavy atom. The van der Waals surface area contributed by atoms with Gasteiger partial charge in [0.05, 0.1) is 24.5 Å². The van der Waals surface area contributed by atoms with Crippen molar-refractivity contribution in [2.24, 2.45) is 22.7 Å². The van der Waals surface area contributed by atoms with Crippen LogP contribution in [0.3, 0.4) is 0 Å². The maximum Gasteiger partial charge on any atom is 0.342 e. The molecule has 132 valence electrons.